The molecule has 0 aromatic heterocycles. The molecular formula is C29H60O. The smallest absolute Gasteiger partial charge is 0.0540 e. The summed E-state index contributed by atoms with van der Waals surface area (Å²) < 4.78 is 0. The molecule has 1 nitrogen and oxygen atoms in total. The van der Waals surface area contributed by atoms with E-state index in [1.54, 1.807) is 0 Å². The highest BCUT2D eigenvalue weighted by atomic mass is 16.3. The van der Waals surface area contributed by atoms with Crippen LogP contribution in [0.25, 0.3) is 0 Å². The van der Waals surface area contributed by atoms with Gasteiger partial charge in [0.1, 0.15) is 0 Å². The van der Waals surface area contributed by atoms with E-state index in [2.05, 4.69) is 13.8 Å². The highest BCUT2D eigenvalue weighted by Crippen LogP contribution is 2.16. The van der Waals surface area contributed by atoms with Crippen molar-refractivity contribution >= 4 is 0 Å². The lowest BCUT2D eigenvalue weighted by Gasteiger charge is -2.10. The quantitative estimate of drug-likeness (QED) is 0.137. The maximum absolute atomic E-state index is 10.2. The standard InChI is InChI=1S/C29H60O/c1-3-5-7-9-11-13-15-16-18-20-22-24-26-28-29(30)27-25-23-21-19-17-14-12-10-8-6-4-2/h29-30H,3-28H2,1-2H3. The van der Waals surface area contributed by atoms with Crippen LogP contribution in [0.15, 0.2) is 0 Å². The summed E-state index contributed by atoms with van der Waals surface area (Å²) in [7, 11) is 0. The van der Waals surface area contributed by atoms with Crippen molar-refractivity contribution in [2.45, 2.75) is 187 Å². The average molecular weight is 425 g/mol. The highest BCUT2D eigenvalue weighted by Gasteiger charge is 2.03. The lowest BCUT2D eigenvalue weighted by molar-refractivity contribution is 0.147. The van der Waals surface area contributed by atoms with Crippen LogP contribution in [0.3, 0.4) is 0 Å². The zero-order chi connectivity index (χ0) is 22.0. The van der Waals surface area contributed by atoms with E-state index in [0.717, 1.165) is 12.8 Å². The first-order valence-corrected chi connectivity index (χ1v) is 14.5. The van der Waals surface area contributed by atoms with Crippen molar-refractivity contribution < 1.29 is 5.11 Å². The number of hydrogen-bond donors (Lipinski definition) is 1. The monoisotopic (exact) mass is 424 g/mol. The molecule has 182 valence electrons. The van der Waals surface area contributed by atoms with Gasteiger partial charge >= 0.3 is 0 Å². The highest BCUT2D eigenvalue weighted by molar-refractivity contribution is 4.58. The van der Waals surface area contributed by atoms with Crippen LogP contribution in [-0.4, -0.2) is 11.2 Å². The first-order valence-electron chi connectivity index (χ1n) is 14.5. The van der Waals surface area contributed by atoms with E-state index in [1.807, 2.05) is 0 Å². The Bertz CT molecular complexity index is 288. The lowest BCUT2D eigenvalue weighted by atomic mass is 10.0. The zero-order valence-electron chi connectivity index (χ0n) is 21.4. The fraction of sp³-hybridized carbons (Fsp3) is 1.00. The van der Waals surface area contributed by atoms with E-state index in [1.165, 1.54) is 154 Å². The molecule has 0 heterocycles. The molecule has 0 aromatic rings. The number of rotatable bonds is 26. The van der Waals surface area contributed by atoms with Crippen LogP contribution in [0, 0.1) is 0 Å². The number of unbranched alkanes of at least 4 members (excludes halogenated alkanes) is 22. The van der Waals surface area contributed by atoms with Crippen molar-refractivity contribution in [2.24, 2.45) is 0 Å². The molecule has 1 heteroatoms. The Hall–Kier alpha value is -0.0400. The molecule has 0 aliphatic carbocycles. The van der Waals surface area contributed by atoms with Crippen LogP contribution in [0.4, 0.5) is 0 Å². The third kappa shape index (κ3) is 26.0. The van der Waals surface area contributed by atoms with Gasteiger partial charge in [0.05, 0.1) is 6.10 Å². The molecule has 0 fully saturated rings. The summed E-state index contributed by atoms with van der Waals surface area (Å²) in [5.41, 5.74) is 0. The second kappa shape index (κ2) is 27.0. The van der Waals surface area contributed by atoms with Gasteiger partial charge in [0, 0.05) is 0 Å². The van der Waals surface area contributed by atoms with Gasteiger partial charge in [-0.1, -0.05) is 168 Å². The van der Waals surface area contributed by atoms with E-state index in [-0.39, 0.29) is 6.10 Å². The van der Waals surface area contributed by atoms with Crippen LogP contribution in [-0.2, 0) is 0 Å². The minimum Gasteiger partial charge on any atom is -0.393 e. The van der Waals surface area contributed by atoms with E-state index in [4.69, 9.17) is 0 Å². The summed E-state index contributed by atoms with van der Waals surface area (Å²) in [6.07, 6.45) is 35.6. The van der Waals surface area contributed by atoms with Gasteiger partial charge in [-0.3, -0.25) is 0 Å². The topological polar surface area (TPSA) is 20.2 Å². The summed E-state index contributed by atoms with van der Waals surface area (Å²) >= 11 is 0. The molecule has 0 aromatic carbocycles. The van der Waals surface area contributed by atoms with Crippen LogP contribution in [0.1, 0.15) is 181 Å². The number of hydrogen-bond acceptors (Lipinski definition) is 1. The average Bonchev–Trinajstić information content (AvgIpc) is 2.75. The molecule has 1 N–H and O–H groups in total. The van der Waals surface area contributed by atoms with Gasteiger partial charge in [0.15, 0.2) is 0 Å². The SMILES string of the molecule is CCCCCCCCCCCCCCCC(O)CCCCCCCCCCCCC. The molecule has 0 aliphatic heterocycles. The van der Waals surface area contributed by atoms with Crippen LogP contribution >= 0.6 is 0 Å². The molecule has 0 saturated carbocycles. The molecule has 0 aliphatic rings. The normalized spacial score (nSPS) is 12.5. The van der Waals surface area contributed by atoms with Gasteiger partial charge in [-0.05, 0) is 12.8 Å². The fourth-order valence-corrected chi connectivity index (χ4v) is 4.59. The van der Waals surface area contributed by atoms with Crippen molar-refractivity contribution in [3.63, 3.8) is 0 Å². The third-order valence-corrected chi connectivity index (χ3v) is 6.78. The first kappa shape index (κ1) is 30.0. The molecule has 30 heavy (non-hydrogen) atoms. The summed E-state index contributed by atoms with van der Waals surface area (Å²) in [4.78, 5) is 0. The second-order valence-electron chi connectivity index (χ2n) is 10.0. The number of aliphatic hydroxyl groups excluding tert-OH is 1. The molecule has 0 radical (unpaired) electrons. The third-order valence-electron chi connectivity index (χ3n) is 6.78. The Morgan fingerprint density at radius 1 is 0.333 bits per heavy atom. The first-order chi connectivity index (χ1) is 14.8. The maximum atomic E-state index is 10.2. The van der Waals surface area contributed by atoms with Gasteiger partial charge in [0.25, 0.3) is 0 Å². The van der Waals surface area contributed by atoms with Gasteiger partial charge < -0.3 is 5.11 Å². The Kier molecular flexibility index (Phi) is 27.0. The van der Waals surface area contributed by atoms with Crippen molar-refractivity contribution in [2.75, 3.05) is 0 Å². The Balaban J connectivity index is 3.12. The zero-order valence-corrected chi connectivity index (χ0v) is 21.4. The molecule has 0 rings (SSSR count). The van der Waals surface area contributed by atoms with E-state index in [0.29, 0.717) is 0 Å². The molecule has 0 spiro atoms. The fourth-order valence-electron chi connectivity index (χ4n) is 4.59. The van der Waals surface area contributed by atoms with Gasteiger partial charge in [0.2, 0.25) is 0 Å². The van der Waals surface area contributed by atoms with Gasteiger partial charge in [-0.25, -0.2) is 0 Å². The summed E-state index contributed by atoms with van der Waals surface area (Å²) in [5.74, 6) is 0. The molecule has 0 saturated heterocycles. The number of aliphatic hydroxyl groups is 1. The van der Waals surface area contributed by atoms with E-state index >= 15 is 0 Å². The van der Waals surface area contributed by atoms with Crippen LogP contribution in [0.2, 0.25) is 0 Å². The molecule has 1 atom stereocenters. The molecule has 1 unspecified atom stereocenters. The predicted octanol–water partition coefficient (Wildman–Crippen LogP) is 10.5. The second-order valence-corrected chi connectivity index (χ2v) is 10.0. The Morgan fingerprint density at radius 3 is 0.767 bits per heavy atom. The van der Waals surface area contributed by atoms with Crippen molar-refractivity contribution in [1.29, 1.82) is 0 Å². The maximum Gasteiger partial charge on any atom is 0.0540 e. The van der Waals surface area contributed by atoms with Crippen molar-refractivity contribution in [3.8, 4) is 0 Å². The minimum atomic E-state index is -0.0312. The van der Waals surface area contributed by atoms with E-state index in [9.17, 15) is 5.11 Å². The van der Waals surface area contributed by atoms with Crippen molar-refractivity contribution in [3.05, 3.63) is 0 Å². The summed E-state index contributed by atoms with van der Waals surface area (Å²) in [6.45, 7) is 4.58. The summed E-state index contributed by atoms with van der Waals surface area (Å²) in [5, 5.41) is 10.2. The predicted molar refractivity (Wildman–Crippen MR) is 137 cm³/mol. The van der Waals surface area contributed by atoms with Crippen molar-refractivity contribution in [1.82, 2.24) is 0 Å². The minimum absolute atomic E-state index is 0.0312. The van der Waals surface area contributed by atoms with Crippen LogP contribution < -0.4 is 0 Å². The summed E-state index contributed by atoms with van der Waals surface area (Å²) in [6, 6.07) is 0. The van der Waals surface area contributed by atoms with E-state index < -0.39 is 0 Å². The molecule has 0 amide bonds. The largest absolute Gasteiger partial charge is 0.393 e. The molecular weight excluding hydrogens is 364 g/mol. The Morgan fingerprint density at radius 2 is 0.533 bits per heavy atom. The lowest BCUT2D eigenvalue weighted by Crippen LogP contribution is -2.05. The molecule has 0 bridgehead atoms. The van der Waals surface area contributed by atoms with Gasteiger partial charge in [-0.2, -0.15) is 0 Å². The van der Waals surface area contributed by atoms with Gasteiger partial charge in [-0.15, -0.1) is 0 Å². The Labute approximate surface area is 192 Å². The van der Waals surface area contributed by atoms with Crippen LogP contribution in [0.5, 0.6) is 0 Å².